The Bertz CT molecular complexity index is 291. The minimum absolute atomic E-state index is 0.156. The van der Waals surface area contributed by atoms with Crippen molar-refractivity contribution in [2.24, 2.45) is 0 Å². The summed E-state index contributed by atoms with van der Waals surface area (Å²) in [7, 11) is 0. The van der Waals surface area contributed by atoms with Gasteiger partial charge in [0.05, 0.1) is 6.10 Å². The van der Waals surface area contributed by atoms with Crippen LogP contribution in [0.15, 0.2) is 18.2 Å². The third-order valence-electron chi connectivity index (χ3n) is 1.72. The van der Waals surface area contributed by atoms with Crippen molar-refractivity contribution in [1.82, 2.24) is 0 Å². The number of rotatable bonds is 3. The lowest BCUT2D eigenvalue weighted by Gasteiger charge is -2.10. The summed E-state index contributed by atoms with van der Waals surface area (Å²) in [6, 6.07) is 3.77. The Morgan fingerprint density at radius 2 is 2.15 bits per heavy atom. The van der Waals surface area contributed by atoms with Crippen LogP contribution in [0.1, 0.15) is 18.1 Å². The van der Waals surface area contributed by atoms with Crippen molar-refractivity contribution in [3.05, 3.63) is 34.6 Å². The Balaban J connectivity index is 2.91. The van der Waals surface area contributed by atoms with Crippen LogP contribution in [0, 0.1) is 5.82 Å². The highest BCUT2D eigenvalue weighted by molar-refractivity contribution is 6.31. The number of halogens is 2. The first-order valence-corrected chi connectivity index (χ1v) is 4.27. The molecule has 1 aromatic rings. The SMILES string of the molecule is OCCC(O)c1cc(F)ccc1Cl. The van der Waals surface area contributed by atoms with Crippen LogP contribution < -0.4 is 0 Å². The van der Waals surface area contributed by atoms with Crippen molar-refractivity contribution in [1.29, 1.82) is 0 Å². The summed E-state index contributed by atoms with van der Waals surface area (Å²) in [4.78, 5) is 0. The van der Waals surface area contributed by atoms with Gasteiger partial charge in [-0.05, 0) is 18.2 Å². The largest absolute Gasteiger partial charge is 0.396 e. The normalized spacial score (nSPS) is 12.9. The zero-order valence-electron chi connectivity index (χ0n) is 6.87. The van der Waals surface area contributed by atoms with Crippen LogP contribution in [0.25, 0.3) is 0 Å². The van der Waals surface area contributed by atoms with Gasteiger partial charge >= 0.3 is 0 Å². The number of aliphatic hydroxyl groups is 2. The molecule has 1 aromatic carbocycles. The lowest BCUT2D eigenvalue weighted by molar-refractivity contribution is 0.134. The molecule has 1 atom stereocenters. The van der Waals surface area contributed by atoms with Gasteiger partial charge in [0.15, 0.2) is 0 Å². The molecule has 0 aliphatic heterocycles. The molecule has 2 nitrogen and oxygen atoms in total. The molecule has 0 aliphatic rings. The van der Waals surface area contributed by atoms with Gasteiger partial charge in [0.2, 0.25) is 0 Å². The highest BCUT2D eigenvalue weighted by Gasteiger charge is 2.11. The van der Waals surface area contributed by atoms with Gasteiger partial charge in [-0.15, -0.1) is 0 Å². The van der Waals surface area contributed by atoms with Crippen molar-refractivity contribution < 1.29 is 14.6 Å². The van der Waals surface area contributed by atoms with E-state index in [0.29, 0.717) is 10.6 Å². The Hall–Kier alpha value is -0.640. The summed E-state index contributed by atoms with van der Waals surface area (Å²) in [5, 5.41) is 18.3. The highest BCUT2D eigenvalue weighted by Crippen LogP contribution is 2.25. The first-order chi connectivity index (χ1) is 6.15. The van der Waals surface area contributed by atoms with E-state index < -0.39 is 11.9 Å². The molecule has 0 radical (unpaired) electrons. The molecule has 0 fully saturated rings. The van der Waals surface area contributed by atoms with Gasteiger partial charge < -0.3 is 10.2 Å². The van der Waals surface area contributed by atoms with Gasteiger partial charge in [-0.2, -0.15) is 0 Å². The van der Waals surface area contributed by atoms with Gasteiger partial charge in [0.1, 0.15) is 5.82 Å². The maximum absolute atomic E-state index is 12.7. The van der Waals surface area contributed by atoms with Gasteiger partial charge in [-0.3, -0.25) is 0 Å². The van der Waals surface area contributed by atoms with E-state index in [1.807, 2.05) is 0 Å². The zero-order chi connectivity index (χ0) is 9.84. The number of aliphatic hydroxyl groups excluding tert-OH is 2. The second kappa shape index (κ2) is 4.56. The molecule has 0 aliphatic carbocycles. The van der Waals surface area contributed by atoms with E-state index in [4.69, 9.17) is 16.7 Å². The van der Waals surface area contributed by atoms with E-state index in [0.717, 1.165) is 0 Å². The Morgan fingerprint density at radius 1 is 1.46 bits per heavy atom. The molecule has 4 heteroatoms. The molecule has 2 N–H and O–H groups in total. The van der Waals surface area contributed by atoms with Crippen molar-refractivity contribution in [3.8, 4) is 0 Å². The molecule has 0 heterocycles. The van der Waals surface area contributed by atoms with Crippen LogP contribution in [-0.2, 0) is 0 Å². The van der Waals surface area contributed by atoms with Crippen molar-refractivity contribution in [3.63, 3.8) is 0 Å². The molecule has 0 amide bonds. The molecular weight excluding hydrogens is 195 g/mol. The summed E-state index contributed by atoms with van der Waals surface area (Å²) in [6.45, 7) is -0.159. The second-order valence-corrected chi connectivity index (χ2v) is 3.10. The van der Waals surface area contributed by atoms with E-state index in [2.05, 4.69) is 0 Å². The lowest BCUT2D eigenvalue weighted by Crippen LogP contribution is -2.01. The maximum Gasteiger partial charge on any atom is 0.123 e. The van der Waals surface area contributed by atoms with Gasteiger partial charge in [-0.25, -0.2) is 4.39 Å². The molecule has 1 rings (SSSR count). The molecule has 1 unspecified atom stereocenters. The number of hydrogen-bond donors (Lipinski definition) is 2. The van der Waals surface area contributed by atoms with E-state index in [9.17, 15) is 9.50 Å². The minimum atomic E-state index is -0.909. The minimum Gasteiger partial charge on any atom is -0.396 e. The van der Waals surface area contributed by atoms with E-state index in [1.165, 1.54) is 18.2 Å². The fraction of sp³-hybridized carbons (Fsp3) is 0.333. The standard InChI is InChI=1S/C9H10ClFO2/c10-8-2-1-6(11)5-7(8)9(13)3-4-12/h1-2,5,9,12-13H,3-4H2. The van der Waals surface area contributed by atoms with Crippen molar-refractivity contribution in [2.75, 3.05) is 6.61 Å². The van der Waals surface area contributed by atoms with Crippen LogP contribution in [0.2, 0.25) is 5.02 Å². The smallest absolute Gasteiger partial charge is 0.123 e. The molecular formula is C9H10ClFO2. The zero-order valence-corrected chi connectivity index (χ0v) is 7.63. The molecule has 0 saturated carbocycles. The Morgan fingerprint density at radius 3 is 2.77 bits per heavy atom. The second-order valence-electron chi connectivity index (χ2n) is 2.69. The summed E-state index contributed by atoms with van der Waals surface area (Å²) >= 11 is 5.72. The van der Waals surface area contributed by atoms with E-state index in [-0.39, 0.29) is 13.0 Å². The van der Waals surface area contributed by atoms with Gasteiger partial charge in [-0.1, -0.05) is 11.6 Å². The predicted molar refractivity (Wildman–Crippen MR) is 48.1 cm³/mol. The number of hydrogen-bond acceptors (Lipinski definition) is 2. The van der Waals surface area contributed by atoms with Crippen LogP contribution in [0.5, 0.6) is 0 Å². The summed E-state index contributed by atoms with van der Waals surface area (Å²) < 4.78 is 12.7. The third-order valence-corrected chi connectivity index (χ3v) is 2.06. The van der Waals surface area contributed by atoms with Crippen molar-refractivity contribution in [2.45, 2.75) is 12.5 Å². The molecule has 0 spiro atoms. The molecule has 0 saturated heterocycles. The van der Waals surface area contributed by atoms with Crippen LogP contribution >= 0.6 is 11.6 Å². The fourth-order valence-electron chi connectivity index (χ4n) is 1.05. The molecule has 13 heavy (non-hydrogen) atoms. The molecule has 72 valence electrons. The monoisotopic (exact) mass is 204 g/mol. The summed E-state index contributed by atoms with van der Waals surface area (Å²) in [5.74, 6) is -0.448. The van der Waals surface area contributed by atoms with Crippen molar-refractivity contribution >= 4 is 11.6 Å². The average molecular weight is 205 g/mol. The highest BCUT2D eigenvalue weighted by atomic mass is 35.5. The van der Waals surface area contributed by atoms with Crippen LogP contribution in [0.4, 0.5) is 4.39 Å². The van der Waals surface area contributed by atoms with E-state index >= 15 is 0 Å². The van der Waals surface area contributed by atoms with Gasteiger partial charge in [0, 0.05) is 23.6 Å². The summed E-state index contributed by atoms with van der Waals surface area (Å²) in [5.41, 5.74) is 0.315. The molecule has 0 bridgehead atoms. The molecule has 0 aromatic heterocycles. The fourth-order valence-corrected chi connectivity index (χ4v) is 1.29. The first kappa shape index (κ1) is 10.4. The average Bonchev–Trinajstić information content (AvgIpc) is 2.09. The lowest BCUT2D eigenvalue weighted by atomic mass is 10.1. The topological polar surface area (TPSA) is 40.5 Å². The van der Waals surface area contributed by atoms with Crippen LogP contribution in [0.3, 0.4) is 0 Å². The third kappa shape index (κ3) is 2.66. The first-order valence-electron chi connectivity index (χ1n) is 3.89. The van der Waals surface area contributed by atoms with Gasteiger partial charge in [0.25, 0.3) is 0 Å². The number of benzene rings is 1. The quantitative estimate of drug-likeness (QED) is 0.790. The Labute approximate surface area is 80.6 Å². The predicted octanol–water partition coefficient (Wildman–Crippen LogP) is 1.89. The van der Waals surface area contributed by atoms with Crippen LogP contribution in [-0.4, -0.2) is 16.8 Å². The maximum atomic E-state index is 12.7. The Kier molecular flexibility index (Phi) is 3.66. The summed E-state index contributed by atoms with van der Waals surface area (Å²) in [6.07, 6.45) is -0.753. The van der Waals surface area contributed by atoms with E-state index in [1.54, 1.807) is 0 Å².